The van der Waals surface area contributed by atoms with E-state index in [-0.39, 0.29) is 0 Å². The second-order valence-corrected chi connectivity index (χ2v) is 4.32. The molecule has 0 atom stereocenters. The zero-order valence-corrected chi connectivity index (χ0v) is 11.3. The molecule has 1 aromatic carbocycles. The molecule has 0 bridgehead atoms. The van der Waals surface area contributed by atoms with Crippen LogP contribution in [-0.2, 0) is 0 Å². The minimum Gasteiger partial charge on any atom is -0.494 e. The number of methoxy groups -OCH3 is 1. The van der Waals surface area contributed by atoms with Crippen LogP contribution in [0.3, 0.4) is 0 Å². The fraction of sp³-hybridized carbons (Fsp3) is 0.0769. The molecule has 106 valence electrons. The third-order valence-corrected chi connectivity index (χ3v) is 3.09. The van der Waals surface area contributed by atoms with Crippen molar-refractivity contribution >= 4 is 34.4 Å². The van der Waals surface area contributed by atoms with Gasteiger partial charge in [-0.05, 0) is 6.07 Å². The van der Waals surface area contributed by atoms with Crippen LogP contribution >= 0.6 is 0 Å². The van der Waals surface area contributed by atoms with Crippen molar-refractivity contribution in [2.75, 3.05) is 18.2 Å². The standard InChI is InChI=1S/C13H13N7O/c1-21-11-3-9-7(5-18-20-9)2-10(11)19-13-8(4-14)12(15)16-6-17-13/h2-6,14H,1H3,(H,18,20)(H3,15,16,17,19)/p+1. The number of hydrogen-bond donors (Lipinski definition) is 4. The number of nitrogens with zero attached hydrogens (tertiary/aromatic N) is 3. The lowest BCUT2D eigenvalue weighted by atomic mass is 10.2. The van der Waals surface area contributed by atoms with Gasteiger partial charge in [-0.25, -0.2) is 9.97 Å². The Morgan fingerprint density at radius 1 is 1.38 bits per heavy atom. The van der Waals surface area contributed by atoms with Gasteiger partial charge >= 0.3 is 0 Å². The molecule has 0 amide bonds. The van der Waals surface area contributed by atoms with Crippen LogP contribution in [0.25, 0.3) is 10.9 Å². The maximum atomic E-state index is 5.78. The predicted octanol–water partition coefficient (Wildman–Crippen LogP) is -0.135. The Hall–Kier alpha value is -3.16. The molecule has 3 rings (SSSR count). The molecule has 0 fully saturated rings. The van der Waals surface area contributed by atoms with Crippen LogP contribution in [0.2, 0.25) is 0 Å². The van der Waals surface area contributed by atoms with Crippen LogP contribution in [0.4, 0.5) is 17.3 Å². The highest BCUT2D eigenvalue weighted by atomic mass is 16.5. The number of nitrogens with one attached hydrogen (secondary N) is 2. The number of nitrogen functional groups attached to an aromatic ring is 1. The maximum absolute atomic E-state index is 5.78. The van der Waals surface area contributed by atoms with E-state index < -0.39 is 0 Å². The van der Waals surface area contributed by atoms with Gasteiger partial charge in [0.1, 0.15) is 29.3 Å². The first-order valence-electron chi connectivity index (χ1n) is 6.16. The SMILES string of the molecule is COc1cc2[nH]ncc2cc1Nc1ncnc(N)c1C=[NH2+]. The van der Waals surface area contributed by atoms with Crippen molar-refractivity contribution in [1.29, 1.82) is 0 Å². The van der Waals surface area contributed by atoms with E-state index in [1.807, 2.05) is 12.1 Å². The van der Waals surface area contributed by atoms with E-state index in [0.717, 1.165) is 16.6 Å². The Morgan fingerprint density at radius 2 is 2.24 bits per heavy atom. The molecule has 6 N–H and O–H groups in total. The van der Waals surface area contributed by atoms with Crippen molar-refractivity contribution in [2.24, 2.45) is 0 Å². The Labute approximate surface area is 119 Å². The molecular weight excluding hydrogens is 270 g/mol. The molecule has 0 saturated carbocycles. The van der Waals surface area contributed by atoms with Crippen LogP contribution in [0, 0.1) is 0 Å². The number of benzene rings is 1. The van der Waals surface area contributed by atoms with Crippen LogP contribution in [0.1, 0.15) is 5.56 Å². The van der Waals surface area contributed by atoms with E-state index in [9.17, 15) is 0 Å². The zero-order chi connectivity index (χ0) is 14.8. The van der Waals surface area contributed by atoms with Crippen LogP contribution in [-0.4, -0.2) is 33.5 Å². The summed E-state index contributed by atoms with van der Waals surface area (Å²) in [7, 11) is 1.59. The Kier molecular flexibility index (Phi) is 3.11. The molecule has 2 heterocycles. The highest BCUT2D eigenvalue weighted by Gasteiger charge is 2.13. The quantitative estimate of drug-likeness (QED) is 0.494. The lowest BCUT2D eigenvalue weighted by molar-refractivity contribution is -0.104. The molecule has 8 heteroatoms. The minimum absolute atomic E-state index is 0.304. The number of H-pyrrole nitrogens is 1. The number of aromatic nitrogens is 4. The van der Waals surface area contributed by atoms with Crippen molar-refractivity contribution < 1.29 is 10.1 Å². The van der Waals surface area contributed by atoms with Crippen molar-refractivity contribution in [1.82, 2.24) is 20.2 Å². The van der Waals surface area contributed by atoms with Gasteiger partial charge in [0.15, 0.2) is 6.21 Å². The van der Waals surface area contributed by atoms with Gasteiger partial charge in [-0.2, -0.15) is 5.10 Å². The molecule has 0 aliphatic heterocycles. The van der Waals surface area contributed by atoms with Crippen LogP contribution in [0.5, 0.6) is 5.75 Å². The predicted molar refractivity (Wildman–Crippen MR) is 79.5 cm³/mol. The van der Waals surface area contributed by atoms with Gasteiger partial charge in [0.2, 0.25) is 0 Å². The Morgan fingerprint density at radius 3 is 3.00 bits per heavy atom. The average molecular weight is 284 g/mol. The summed E-state index contributed by atoms with van der Waals surface area (Å²) in [4.78, 5) is 8.06. The molecule has 0 unspecified atom stereocenters. The molecule has 0 spiro atoms. The maximum Gasteiger partial charge on any atom is 0.174 e. The zero-order valence-electron chi connectivity index (χ0n) is 11.3. The van der Waals surface area contributed by atoms with Gasteiger partial charge in [-0.1, -0.05) is 0 Å². The number of aromatic amines is 1. The smallest absolute Gasteiger partial charge is 0.174 e. The highest BCUT2D eigenvalue weighted by molar-refractivity contribution is 5.92. The first kappa shape index (κ1) is 12.9. The van der Waals surface area contributed by atoms with Gasteiger partial charge in [-0.15, -0.1) is 0 Å². The molecule has 2 aromatic heterocycles. The lowest BCUT2D eigenvalue weighted by Gasteiger charge is -2.12. The van der Waals surface area contributed by atoms with Gasteiger partial charge in [0.05, 0.1) is 24.5 Å². The van der Waals surface area contributed by atoms with Gasteiger partial charge in [-0.3, -0.25) is 10.5 Å². The molecule has 21 heavy (non-hydrogen) atoms. The van der Waals surface area contributed by atoms with E-state index in [4.69, 9.17) is 15.9 Å². The summed E-state index contributed by atoms with van der Waals surface area (Å²) in [6.45, 7) is 0. The summed E-state index contributed by atoms with van der Waals surface area (Å²) in [6.07, 6.45) is 4.46. The van der Waals surface area contributed by atoms with E-state index in [0.29, 0.717) is 22.9 Å². The summed E-state index contributed by atoms with van der Waals surface area (Å²) in [5, 5.41) is 16.6. The van der Waals surface area contributed by atoms with E-state index >= 15 is 0 Å². The third-order valence-electron chi connectivity index (χ3n) is 3.09. The Balaban J connectivity index is 2.09. The summed E-state index contributed by atoms with van der Waals surface area (Å²) >= 11 is 0. The first-order valence-corrected chi connectivity index (χ1v) is 6.16. The summed E-state index contributed by atoms with van der Waals surface area (Å²) < 4.78 is 5.37. The normalized spacial score (nSPS) is 10.5. The third kappa shape index (κ3) is 2.22. The lowest BCUT2D eigenvalue weighted by Crippen LogP contribution is -2.31. The molecule has 0 saturated heterocycles. The second kappa shape index (κ2) is 5.08. The number of nitrogens with two attached hydrogens (primary N) is 2. The fourth-order valence-electron chi connectivity index (χ4n) is 2.04. The summed E-state index contributed by atoms with van der Waals surface area (Å²) in [5.41, 5.74) is 7.92. The van der Waals surface area contributed by atoms with E-state index in [2.05, 4.69) is 25.5 Å². The van der Waals surface area contributed by atoms with E-state index in [1.54, 1.807) is 13.3 Å². The monoisotopic (exact) mass is 284 g/mol. The van der Waals surface area contributed by atoms with Gasteiger partial charge in [0.25, 0.3) is 0 Å². The second-order valence-electron chi connectivity index (χ2n) is 4.32. The van der Waals surface area contributed by atoms with Gasteiger partial charge < -0.3 is 15.8 Å². The van der Waals surface area contributed by atoms with Crippen molar-refractivity contribution in [3.05, 3.63) is 30.2 Å². The molecule has 0 radical (unpaired) electrons. The highest BCUT2D eigenvalue weighted by Crippen LogP contribution is 2.32. The van der Waals surface area contributed by atoms with Crippen molar-refractivity contribution in [2.45, 2.75) is 0 Å². The number of fused-ring (bicyclic) bond motifs is 1. The number of ether oxygens (including phenoxy) is 1. The minimum atomic E-state index is 0.304. The van der Waals surface area contributed by atoms with Crippen molar-refractivity contribution in [3.63, 3.8) is 0 Å². The van der Waals surface area contributed by atoms with Crippen molar-refractivity contribution in [3.8, 4) is 5.75 Å². The average Bonchev–Trinajstić information content (AvgIpc) is 2.94. The molecule has 3 aromatic rings. The van der Waals surface area contributed by atoms with Crippen LogP contribution < -0.4 is 21.2 Å². The number of rotatable bonds is 4. The van der Waals surface area contributed by atoms with Crippen LogP contribution in [0.15, 0.2) is 24.7 Å². The molecule has 0 aliphatic rings. The Bertz CT molecular complexity index is 811. The number of anilines is 3. The molecular formula is C13H14N7O+. The number of hydrogen-bond acceptors (Lipinski definition) is 6. The molecule has 0 aliphatic carbocycles. The van der Waals surface area contributed by atoms with Gasteiger partial charge in [0, 0.05) is 11.5 Å². The summed E-state index contributed by atoms with van der Waals surface area (Å²) in [5.74, 6) is 1.46. The topological polar surface area (TPSA) is 127 Å². The van der Waals surface area contributed by atoms with E-state index in [1.165, 1.54) is 12.5 Å². The fourth-order valence-corrected chi connectivity index (χ4v) is 2.04. The largest absolute Gasteiger partial charge is 0.494 e. The first-order chi connectivity index (χ1) is 10.2. The summed E-state index contributed by atoms with van der Waals surface area (Å²) in [6, 6.07) is 3.75. The molecule has 8 nitrogen and oxygen atoms in total.